The van der Waals surface area contributed by atoms with E-state index in [2.05, 4.69) is 47.7 Å². The molecule has 0 saturated carbocycles. The zero-order valence-electron chi connectivity index (χ0n) is 15.4. The van der Waals surface area contributed by atoms with Crippen LogP contribution in [0.2, 0.25) is 24.2 Å². The van der Waals surface area contributed by atoms with Crippen molar-refractivity contribution in [3.8, 4) is 0 Å². The fourth-order valence-electron chi connectivity index (χ4n) is 3.05. The fourth-order valence-corrected chi connectivity index (χ4v) is 6.10. The van der Waals surface area contributed by atoms with Gasteiger partial charge >= 0.3 is 6.18 Å². The molecule has 0 unspecified atom stereocenters. The highest BCUT2D eigenvalue weighted by Crippen LogP contribution is 2.45. The van der Waals surface area contributed by atoms with Crippen molar-refractivity contribution >= 4 is 13.8 Å². The molecule has 0 amide bonds. The fraction of sp³-hybridized carbons (Fsp3) is 0.667. The van der Waals surface area contributed by atoms with Crippen molar-refractivity contribution in [2.75, 3.05) is 5.73 Å². The maximum absolute atomic E-state index is 13.3. The molecule has 1 aromatic rings. The van der Waals surface area contributed by atoms with Crippen molar-refractivity contribution < 1.29 is 13.2 Å². The van der Waals surface area contributed by atoms with E-state index in [0.717, 1.165) is 12.1 Å². The number of hydrogen-bond donors (Lipinski definition) is 1. The Hall–Kier alpha value is -0.973. The molecule has 23 heavy (non-hydrogen) atoms. The van der Waals surface area contributed by atoms with Crippen LogP contribution in [0.5, 0.6) is 0 Å². The van der Waals surface area contributed by atoms with Crippen LogP contribution in [-0.4, -0.2) is 8.07 Å². The molecule has 1 aromatic carbocycles. The number of nitrogen functional groups attached to an aromatic ring is 1. The summed E-state index contributed by atoms with van der Waals surface area (Å²) in [5.74, 6) is 0. The van der Waals surface area contributed by atoms with E-state index in [1.807, 2.05) is 0 Å². The smallest absolute Gasteiger partial charge is 0.399 e. The molecule has 0 fully saturated rings. The summed E-state index contributed by atoms with van der Waals surface area (Å²) in [6.07, 6.45) is -3.95. The predicted octanol–water partition coefficient (Wildman–Crippen LogP) is 6.36. The van der Waals surface area contributed by atoms with Crippen LogP contribution in [-0.2, 0) is 12.6 Å². The number of benzene rings is 1. The van der Waals surface area contributed by atoms with Crippen LogP contribution < -0.4 is 5.73 Å². The SMILES string of the molecule is CC(C)(Cc1ccc(N)cc1C(F)(F)F)C[Si](C)(C)C(C)(C)C. The third-order valence-corrected chi connectivity index (χ3v) is 11.0. The molecule has 132 valence electrons. The summed E-state index contributed by atoms with van der Waals surface area (Å²) in [6.45, 7) is 15.5. The van der Waals surface area contributed by atoms with Crippen LogP contribution in [0, 0.1) is 5.41 Å². The van der Waals surface area contributed by atoms with Crippen molar-refractivity contribution in [1.82, 2.24) is 0 Å². The minimum absolute atomic E-state index is 0.156. The van der Waals surface area contributed by atoms with Gasteiger partial charge in [-0.05, 0) is 34.6 Å². The molecule has 0 radical (unpaired) electrons. The predicted molar refractivity (Wildman–Crippen MR) is 95.3 cm³/mol. The number of rotatable bonds is 4. The summed E-state index contributed by atoms with van der Waals surface area (Å²) < 4.78 is 39.9. The van der Waals surface area contributed by atoms with E-state index in [1.54, 1.807) is 6.07 Å². The lowest BCUT2D eigenvalue weighted by molar-refractivity contribution is -0.138. The Labute approximate surface area is 139 Å². The Morgan fingerprint density at radius 3 is 1.96 bits per heavy atom. The summed E-state index contributed by atoms with van der Waals surface area (Å²) in [7, 11) is -1.57. The van der Waals surface area contributed by atoms with Crippen LogP contribution in [0.15, 0.2) is 18.2 Å². The largest absolute Gasteiger partial charge is 0.416 e. The number of anilines is 1. The van der Waals surface area contributed by atoms with Gasteiger partial charge in [0.2, 0.25) is 0 Å². The summed E-state index contributed by atoms with van der Waals surface area (Å²) in [5, 5.41) is 0.220. The van der Waals surface area contributed by atoms with E-state index < -0.39 is 19.8 Å². The standard InChI is InChI=1S/C18H30F3NSi/c1-16(2,3)23(6,7)12-17(4,5)11-13-8-9-14(22)10-15(13)18(19,20)21/h8-10H,11-12,22H2,1-7H3. The Morgan fingerprint density at radius 1 is 1.00 bits per heavy atom. The zero-order chi connectivity index (χ0) is 18.3. The molecule has 0 heterocycles. The van der Waals surface area contributed by atoms with E-state index in [9.17, 15) is 13.2 Å². The van der Waals surface area contributed by atoms with Gasteiger partial charge in [-0.1, -0.05) is 59.8 Å². The van der Waals surface area contributed by atoms with E-state index in [-0.39, 0.29) is 16.1 Å². The van der Waals surface area contributed by atoms with Gasteiger partial charge in [0.05, 0.1) is 13.6 Å². The van der Waals surface area contributed by atoms with Crippen molar-refractivity contribution in [1.29, 1.82) is 0 Å². The molecule has 1 rings (SSSR count). The van der Waals surface area contributed by atoms with Crippen molar-refractivity contribution in [3.05, 3.63) is 29.3 Å². The molecule has 0 aliphatic carbocycles. The van der Waals surface area contributed by atoms with Gasteiger partial charge in [0.1, 0.15) is 0 Å². The molecule has 0 aromatic heterocycles. The molecular weight excluding hydrogens is 315 g/mol. The van der Waals surface area contributed by atoms with Gasteiger partial charge in [-0.3, -0.25) is 0 Å². The molecule has 5 heteroatoms. The zero-order valence-corrected chi connectivity index (χ0v) is 16.4. The average molecular weight is 346 g/mol. The van der Waals surface area contributed by atoms with Gasteiger partial charge in [0, 0.05) is 5.69 Å². The Balaban J connectivity index is 3.12. The summed E-state index contributed by atoms with van der Waals surface area (Å²) in [4.78, 5) is 0. The number of hydrogen-bond acceptors (Lipinski definition) is 1. The first kappa shape index (κ1) is 20.1. The first-order valence-electron chi connectivity index (χ1n) is 8.01. The quantitative estimate of drug-likeness (QED) is 0.498. The molecule has 0 aliphatic rings. The highest BCUT2D eigenvalue weighted by molar-refractivity contribution is 6.80. The lowest BCUT2D eigenvalue weighted by Crippen LogP contribution is -2.41. The molecule has 0 atom stereocenters. The maximum atomic E-state index is 13.3. The number of alkyl halides is 3. The lowest BCUT2D eigenvalue weighted by Gasteiger charge is -2.43. The topological polar surface area (TPSA) is 26.0 Å². The molecular formula is C18H30F3NSi. The first-order chi connectivity index (χ1) is 10.1. The van der Waals surface area contributed by atoms with E-state index in [1.165, 1.54) is 6.07 Å². The second-order valence-corrected chi connectivity index (χ2v) is 14.7. The van der Waals surface area contributed by atoms with Crippen LogP contribution in [0.1, 0.15) is 45.7 Å². The summed E-state index contributed by atoms with van der Waals surface area (Å²) >= 11 is 0. The Kier molecular flexibility index (Phi) is 5.37. The maximum Gasteiger partial charge on any atom is 0.416 e. The second kappa shape index (κ2) is 6.15. The molecule has 1 nitrogen and oxygen atoms in total. The third kappa shape index (κ3) is 5.26. The second-order valence-electron chi connectivity index (χ2n) is 9.07. The summed E-state index contributed by atoms with van der Waals surface area (Å²) in [6, 6.07) is 5.13. The third-order valence-electron chi connectivity index (χ3n) is 5.06. The Bertz CT molecular complexity index is 554. The van der Waals surface area contributed by atoms with Crippen molar-refractivity contribution in [2.45, 2.75) is 71.4 Å². The normalized spacial score (nSPS) is 14.2. The van der Waals surface area contributed by atoms with Gasteiger partial charge in [-0.2, -0.15) is 13.2 Å². The minimum atomic E-state index is -4.36. The Morgan fingerprint density at radius 2 is 1.52 bits per heavy atom. The average Bonchev–Trinajstić information content (AvgIpc) is 2.26. The molecule has 0 saturated heterocycles. The van der Waals surface area contributed by atoms with E-state index in [0.29, 0.717) is 12.0 Å². The van der Waals surface area contributed by atoms with Gasteiger partial charge in [-0.15, -0.1) is 0 Å². The lowest BCUT2D eigenvalue weighted by atomic mass is 9.85. The monoisotopic (exact) mass is 345 g/mol. The van der Waals surface area contributed by atoms with Gasteiger partial charge in [0.25, 0.3) is 0 Å². The molecule has 2 N–H and O–H groups in total. The van der Waals surface area contributed by atoms with Gasteiger partial charge in [0.15, 0.2) is 0 Å². The van der Waals surface area contributed by atoms with Crippen molar-refractivity contribution in [2.24, 2.45) is 5.41 Å². The van der Waals surface area contributed by atoms with Gasteiger partial charge < -0.3 is 5.73 Å². The van der Waals surface area contributed by atoms with Gasteiger partial charge in [-0.25, -0.2) is 0 Å². The van der Waals surface area contributed by atoms with Crippen LogP contribution >= 0.6 is 0 Å². The first-order valence-corrected chi connectivity index (χ1v) is 11.2. The highest BCUT2D eigenvalue weighted by atomic mass is 28.3. The summed E-state index contributed by atoms with van der Waals surface area (Å²) in [5.41, 5.74) is 5.27. The number of halogens is 3. The molecule has 0 spiro atoms. The van der Waals surface area contributed by atoms with Crippen molar-refractivity contribution in [3.63, 3.8) is 0 Å². The molecule has 0 aliphatic heterocycles. The molecule has 0 bridgehead atoms. The van der Waals surface area contributed by atoms with Crippen LogP contribution in [0.3, 0.4) is 0 Å². The van der Waals surface area contributed by atoms with Crippen LogP contribution in [0.25, 0.3) is 0 Å². The highest BCUT2D eigenvalue weighted by Gasteiger charge is 2.41. The van der Waals surface area contributed by atoms with Crippen LogP contribution in [0.4, 0.5) is 18.9 Å². The minimum Gasteiger partial charge on any atom is -0.399 e. The van der Waals surface area contributed by atoms with E-state index in [4.69, 9.17) is 5.73 Å². The van der Waals surface area contributed by atoms with E-state index >= 15 is 0 Å². The number of nitrogens with two attached hydrogens (primary N) is 1.